The van der Waals surface area contributed by atoms with E-state index >= 15 is 0 Å². The summed E-state index contributed by atoms with van der Waals surface area (Å²) in [6.45, 7) is 4.28. The second-order valence-corrected chi connectivity index (χ2v) is 4.57. The average Bonchev–Trinajstić information content (AvgIpc) is 2.67. The Morgan fingerprint density at radius 3 is 2.35 bits per heavy atom. The van der Waals surface area contributed by atoms with Gasteiger partial charge in [-0.1, -0.05) is 44.2 Å². The number of carbonyl (C=O) groups is 1. The van der Waals surface area contributed by atoms with Crippen molar-refractivity contribution in [3.63, 3.8) is 0 Å². The zero-order valence-corrected chi connectivity index (χ0v) is 10.5. The molecule has 0 saturated heterocycles. The van der Waals surface area contributed by atoms with Crippen molar-refractivity contribution in [3.05, 3.63) is 47.8 Å². The van der Waals surface area contributed by atoms with Crippen molar-refractivity contribution in [2.75, 3.05) is 0 Å². The average molecular weight is 227 g/mol. The third-order valence-electron chi connectivity index (χ3n) is 3.10. The van der Waals surface area contributed by atoms with Gasteiger partial charge in [-0.15, -0.1) is 0 Å². The molecule has 1 heterocycles. The molecule has 0 aliphatic heterocycles. The monoisotopic (exact) mass is 227 g/mol. The Morgan fingerprint density at radius 1 is 1.18 bits per heavy atom. The zero-order valence-electron chi connectivity index (χ0n) is 10.5. The molecule has 0 spiro atoms. The van der Waals surface area contributed by atoms with Crippen molar-refractivity contribution in [2.45, 2.75) is 19.8 Å². The molecule has 2 aromatic rings. The smallest absolute Gasteiger partial charge is 0.167 e. The molecule has 88 valence electrons. The number of benzene rings is 1. The molecule has 1 aromatic carbocycles. The van der Waals surface area contributed by atoms with E-state index in [9.17, 15) is 4.79 Å². The van der Waals surface area contributed by atoms with E-state index in [4.69, 9.17) is 0 Å². The Bertz CT molecular complexity index is 523. The summed E-state index contributed by atoms with van der Waals surface area (Å²) in [7, 11) is 1.95. The molecule has 0 saturated carbocycles. The van der Waals surface area contributed by atoms with Crippen molar-refractivity contribution in [1.29, 1.82) is 0 Å². The van der Waals surface area contributed by atoms with Gasteiger partial charge in [0, 0.05) is 18.3 Å². The van der Waals surface area contributed by atoms with Gasteiger partial charge >= 0.3 is 0 Å². The molecule has 0 bridgehead atoms. The summed E-state index contributed by atoms with van der Waals surface area (Å²) in [6, 6.07) is 12.1. The first-order valence-electron chi connectivity index (χ1n) is 5.85. The Balaban J connectivity index is 2.62. The molecule has 0 radical (unpaired) electrons. The maximum atomic E-state index is 11.2. The van der Waals surface area contributed by atoms with Gasteiger partial charge in [0.15, 0.2) is 6.29 Å². The van der Waals surface area contributed by atoms with Crippen molar-refractivity contribution in [1.82, 2.24) is 4.57 Å². The van der Waals surface area contributed by atoms with Crippen LogP contribution in [0.15, 0.2) is 36.4 Å². The summed E-state index contributed by atoms with van der Waals surface area (Å²) < 4.78 is 1.99. The largest absolute Gasteiger partial charge is 0.345 e. The third kappa shape index (κ3) is 2.03. The molecule has 0 fully saturated rings. The highest BCUT2D eigenvalue weighted by molar-refractivity contribution is 5.86. The lowest BCUT2D eigenvalue weighted by Gasteiger charge is -2.06. The highest BCUT2D eigenvalue weighted by atomic mass is 16.1. The number of hydrogen-bond donors (Lipinski definition) is 0. The Hall–Kier alpha value is -1.83. The van der Waals surface area contributed by atoms with Crippen molar-refractivity contribution in [2.24, 2.45) is 7.05 Å². The van der Waals surface area contributed by atoms with Gasteiger partial charge in [-0.2, -0.15) is 0 Å². The van der Waals surface area contributed by atoms with Gasteiger partial charge in [0.2, 0.25) is 0 Å². The fourth-order valence-electron chi connectivity index (χ4n) is 2.18. The minimum Gasteiger partial charge on any atom is -0.345 e. The number of carbonyl (C=O) groups excluding carboxylic acids is 1. The summed E-state index contributed by atoms with van der Waals surface area (Å²) in [5.74, 6) is 0.413. The molecule has 1 aromatic heterocycles. The number of aldehydes is 1. The summed E-state index contributed by atoms with van der Waals surface area (Å²) >= 11 is 0. The second-order valence-electron chi connectivity index (χ2n) is 4.57. The summed E-state index contributed by atoms with van der Waals surface area (Å²) in [5.41, 5.74) is 4.05. The lowest BCUT2D eigenvalue weighted by molar-refractivity contribution is 0.111. The quantitative estimate of drug-likeness (QED) is 0.734. The van der Waals surface area contributed by atoms with Gasteiger partial charge < -0.3 is 4.57 Å². The lowest BCUT2D eigenvalue weighted by atomic mass is 10.0. The van der Waals surface area contributed by atoms with Crippen LogP contribution < -0.4 is 0 Å². The minimum atomic E-state index is 0.413. The topological polar surface area (TPSA) is 22.0 Å². The fraction of sp³-hybridized carbons (Fsp3) is 0.267. The van der Waals surface area contributed by atoms with E-state index in [-0.39, 0.29) is 0 Å². The SMILES string of the molecule is CC(C)c1cc(-c2ccccc2)c(C=O)n1C. The van der Waals surface area contributed by atoms with Crippen LogP contribution in [0.1, 0.15) is 35.9 Å². The zero-order chi connectivity index (χ0) is 12.4. The summed E-state index contributed by atoms with van der Waals surface area (Å²) in [5, 5.41) is 0. The first-order valence-corrected chi connectivity index (χ1v) is 5.85. The van der Waals surface area contributed by atoms with Crippen molar-refractivity contribution in [3.8, 4) is 11.1 Å². The number of aromatic nitrogens is 1. The van der Waals surface area contributed by atoms with Gasteiger partial charge in [-0.05, 0) is 17.5 Å². The molecular weight excluding hydrogens is 210 g/mol. The molecule has 17 heavy (non-hydrogen) atoms. The Kier molecular flexibility index (Phi) is 3.14. The first-order chi connectivity index (χ1) is 8.15. The molecule has 0 atom stereocenters. The van der Waals surface area contributed by atoms with Gasteiger partial charge in [-0.3, -0.25) is 4.79 Å². The molecule has 0 aliphatic rings. The maximum Gasteiger partial charge on any atom is 0.167 e. The van der Waals surface area contributed by atoms with Gasteiger partial charge in [0.25, 0.3) is 0 Å². The molecular formula is C15H17NO. The van der Waals surface area contributed by atoms with E-state index in [1.54, 1.807) is 0 Å². The lowest BCUT2D eigenvalue weighted by Crippen LogP contribution is -2.01. The third-order valence-corrected chi connectivity index (χ3v) is 3.10. The van der Waals surface area contributed by atoms with Gasteiger partial charge in [0.05, 0.1) is 5.69 Å². The van der Waals surface area contributed by atoms with Crippen LogP contribution in [-0.2, 0) is 7.05 Å². The van der Waals surface area contributed by atoms with Crippen molar-refractivity contribution >= 4 is 6.29 Å². The molecule has 0 unspecified atom stereocenters. The first kappa shape index (κ1) is 11.6. The molecule has 0 N–H and O–H groups in total. The fourth-order valence-corrected chi connectivity index (χ4v) is 2.18. The van der Waals surface area contributed by atoms with Crippen LogP contribution in [0.3, 0.4) is 0 Å². The van der Waals surface area contributed by atoms with E-state index < -0.39 is 0 Å². The van der Waals surface area contributed by atoms with E-state index in [1.807, 2.05) is 41.9 Å². The predicted molar refractivity (Wildman–Crippen MR) is 70.3 cm³/mol. The Morgan fingerprint density at radius 2 is 1.82 bits per heavy atom. The van der Waals surface area contributed by atoms with Crippen LogP contribution in [0.5, 0.6) is 0 Å². The molecule has 2 heteroatoms. The molecule has 0 aliphatic carbocycles. The maximum absolute atomic E-state index is 11.2. The molecule has 0 amide bonds. The highest BCUT2D eigenvalue weighted by Gasteiger charge is 2.14. The summed E-state index contributed by atoms with van der Waals surface area (Å²) in [4.78, 5) is 11.2. The van der Waals surface area contributed by atoms with Crippen LogP contribution in [0.4, 0.5) is 0 Å². The predicted octanol–water partition coefficient (Wildman–Crippen LogP) is 3.63. The van der Waals surface area contributed by atoms with Crippen LogP contribution in [0.25, 0.3) is 11.1 Å². The second kappa shape index (κ2) is 4.58. The van der Waals surface area contributed by atoms with Gasteiger partial charge in [-0.25, -0.2) is 0 Å². The number of nitrogens with zero attached hydrogens (tertiary/aromatic N) is 1. The highest BCUT2D eigenvalue weighted by Crippen LogP contribution is 2.28. The molecule has 2 nitrogen and oxygen atoms in total. The Labute approximate surface area is 102 Å². The van der Waals surface area contributed by atoms with E-state index in [2.05, 4.69) is 19.9 Å². The van der Waals surface area contributed by atoms with E-state index in [1.165, 1.54) is 5.69 Å². The van der Waals surface area contributed by atoms with Crippen LogP contribution in [-0.4, -0.2) is 10.9 Å². The van der Waals surface area contributed by atoms with Crippen LogP contribution in [0.2, 0.25) is 0 Å². The molecule has 2 rings (SSSR count). The summed E-state index contributed by atoms with van der Waals surface area (Å²) in [6.07, 6.45) is 0.939. The van der Waals surface area contributed by atoms with E-state index in [0.29, 0.717) is 5.92 Å². The number of rotatable bonds is 3. The van der Waals surface area contributed by atoms with Crippen LogP contribution >= 0.6 is 0 Å². The standard InChI is InChI=1S/C15H17NO/c1-11(2)14-9-13(15(10-17)16(14)3)12-7-5-4-6-8-12/h4-11H,1-3H3. The van der Waals surface area contributed by atoms with Gasteiger partial charge in [0.1, 0.15) is 0 Å². The minimum absolute atomic E-state index is 0.413. The normalized spacial score (nSPS) is 10.8. The number of hydrogen-bond acceptors (Lipinski definition) is 1. The van der Waals surface area contributed by atoms with E-state index in [0.717, 1.165) is 23.1 Å². The van der Waals surface area contributed by atoms with Crippen molar-refractivity contribution < 1.29 is 4.79 Å². The van der Waals surface area contributed by atoms with Crippen LogP contribution in [0, 0.1) is 0 Å².